The van der Waals surface area contributed by atoms with E-state index in [1.807, 2.05) is 13.8 Å². The van der Waals surface area contributed by atoms with E-state index >= 15 is 0 Å². The number of nitrogens with two attached hydrogens (primary N) is 1. The lowest BCUT2D eigenvalue weighted by molar-refractivity contribution is -0.125. The van der Waals surface area contributed by atoms with Crippen molar-refractivity contribution in [3.63, 3.8) is 0 Å². The predicted octanol–water partition coefficient (Wildman–Crippen LogP) is -0.160. The molecule has 0 aliphatic carbocycles. The first kappa shape index (κ1) is 11.5. The SMILES string of the molecule is CC(C)(CNC1CCNCC1)C(N)=O. The number of carbonyl (C=O) groups is 1. The van der Waals surface area contributed by atoms with Gasteiger partial charge in [-0.1, -0.05) is 0 Å². The first-order valence-electron chi connectivity index (χ1n) is 5.26. The number of piperidine rings is 1. The second kappa shape index (κ2) is 4.75. The largest absolute Gasteiger partial charge is 0.369 e. The first-order chi connectivity index (χ1) is 6.52. The highest BCUT2D eigenvalue weighted by molar-refractivity contribution is 5.80. The molecule has 1 amide bonds. The van der Waals surface area contributed by atoms with Gasteiger partial charge in [-0.05, 0) is 39.8 Å². The number of hydrogen-bond donors (Lipinski definition) is 3. The van der Waals surface area contributed by atoms with Crippen LogP contribution in [0.15, 0.2) is 0 Å². The normalized spacial score (nSPS) is 19.6. The fraction of sp³-hybridized carbons (Fsp3) is 0.900. The van der Waals surface area contributed by atoms with Crippen molar-refractivity contribution in [3.8, 4) is 0 Å². The van der Waals surface area contributed by atoms with Crippen LogP contribution < -0.4 is 16.4 Å². The molecule has 0 bridgehead atoms. The molecule has 0 aromatic carbocycles. The van der Waals surface area contributed by atoms with Crippen molar-refractivity contribution in [3.05, 3.63) is 0 Å². The van der Waals surface area contributed by atoms with Crippen molar-refractivity contribution in [2.24, 2.45) is 11.1 Å². The van der Waals surface area contributed by atoms with Crippen LogP contribution in [0.1, 0.15) is 26.7 Å². The van der Waals surface area contributed by atoms with E-state index in [9.17, 15) is 4.79 Å². The highest BCUT2D eigenvalue weighted by Crippen LogP contribution is 2.13. The third kappa shape index (κ3) is 3.27. The molecule has 0 atom stereocenters. The van der Waals surface area contributed by atoms with Crippen LogP contribution in [0.2, 0.25) is 0 Å². The molecule has 4 nitrogen and oxygen atoms in total. The number of primary amides is 1. The molecule has 0 aromatic heterocycles. The summed E-state index contributed by atoms with van der Waals surface area (Å²) in [4.78, 5) is 11.1. The highest BCUT2D eigenvalue weighted by atomic mass is 16.1. The summed E-state index contributed by atoms with van der Waals surface area (Å²) >= 11 is 0. The summed E-state index contributed by atoms with van der Waals surface area (Å²) in [7, 11) is 0. The van der Waals surface area contributed by atoms with Crippen LogP contribution in [0, 0.1) is 5.41 Å². The molecule has 1 fully saturated rings. The Morgan fingerprint density at radius 2 is 2.07 bits per heavy atom. The number of carbonyl (C=O) groups excluding carboxylic acids is 1. The fourth-order valence-corrected chi connectivity index (χ4v) is 1.51. The summed E-state index contributed by atoms with van der Waals surface area (Å²) in [6.07, 6.45) is 2.27. The van der Waals surface area contributed by atoms with Gasteiger partial charge >= 0.3 is 0 Å². The number of hydrogen-bond acceptors (Lipinski definition) is 3. The third-order valence-electron chi connectivity index (χ3n) is 2.84. The molecule has 4 heteroatoms. The van der Waals surface area contributed by atoms with Crippen molar-refractivity contribution in [2.75, 3.05) is 19.6 Å². The second-order valence-corrected chi connectivity index (χ2v) is 4.65. The van der Waals surface area contributed by atoms with Gasteiger partial charge in [-0.2, -0.15) is 0 Å². The van der Waals surface area contributed by atoms with Gasteiger partial charge in [0.2, 0.25) is 5.91 Å². The minimum absolute atomic E-state index is 0.237. The Bertz CT molecular complexity index is 198. The number of rotatable bonds is 4. The van der Waals surface area contributed by atoms with E-state index in [2.05, 4.69) is 10.6 Å². The van der Waals surface area contributed by atoms with Gasteiger partial charge in [-0.25, -0.2) is 0 Å². The van der Waals surface area contributed by atoms with Crippen molar-refractivity contribution >= 4 is 5.91 Å². The van der Waals surface area contributed by atoms with Crippen LogP contribution >= 0.6 is 0 Å². The van der Waals surface area contributed by atoms with Gasteiger partial charge < -0.3 is 16.4 Å². The first-order valence-corrected chi connectivity index (χ1v) is 5.26. The standard InChI is InChI=1S/C10H21N3O/c1-10(2,9(11)14)7-13-8-3-5-12-6-4-8/h8,12-13H,3-7H2,1-2H3,(H2,11,14). The van der Waals surface area contributed by atoms with E-state index in [1.165, 1.54) is 0 Å². The van der Waals surface area contributed by atoms with E-state index in [1.54, 1.807) is 0 Å². The van der Waals surface area contributed by atoms with Crippen LogP contribution in [-0.2, 0) is 4.79 Å². The lowest BCUT2D eigenvalue weighted by atomic mass is 9.92. The molecule has 0 saturated carbocycles. The van der Waals surface area contributed by atoms with Crippen molar-refractivity contribution in [1.29, 1.82) is 0 Å². The van der Waals surface area contributed by atoms with Gasteiger partial charge in [0, 0.05) is 12.6 Å². The summed E-state index contributed by atoms with van der Waals surface area (Å²) in [5.41, 5.74) is 4.85. The maximum Gasteiger partial charge on any atom is 0.224 e. The smallest absolute Gasteiger partial charge is 0.224 e. The molecular formula is C10H21N3O. The fourth-order valence-electron chi connectivity index (χ4n) is 1.51. The zero-order valence-electron chi connectivity index (χ0n) is 9.10. The Hall–Kier alpha value is -0.610. The molecule has 82 valence electrons. The minimum Gasteiger partial charge on any atom is -0.369 e. The molecule has 1 saturated heterocycles. The van der Waals surface area contributed by atoms with Crippen LogP contribution in [0.3, 0.4) is 0 Å². The van der Waals surface area contributed by atoms with E-state index < -0.39 is 5.41 Å². The third-order valence-corrected chi connectivity index (χ3v) is 2.84. The summed E-state index contributed by atoms with van der Waals surface area (Å²) in [5.74, 6) is -0.237. The lowest BCUT2D eigenvalue weighted by Gasteiger charge is -2.28. The Kier molecular flexibility index (Phi) is 3.89. The van der Waals surface area contributed by atoms with Crippen LogP contribution in [0.4, 0.5) is 0 Å². The van der Waals surface area contributed by atoms with Crippen molar-refractivity contribution in [1.82, 2.24) is 10.6 Å². The Labute approximate surface area is 85.6 Å². The highest BCUT2D eigenvalue weighted by Gasteiger charge is 2.25. The Balaban J connectivity index is 2.28. The molecule has 1 aliphatic heterocycles. The van der Waals surface area contributed by atoms with Crippen LogP contribution in [0.25, 0.3) is 0 Å². The maximum atomic E-state index is 11.1. The average Bonchev–Trinajstić information content (AvgIpc) is 2.16. The quantitative estimate of drug-likeness (QED) is 0.589. The van der Waals surface area contributed by atoms with Crippen LogP contribution in [0.5, 0.6) is 0 Å². The van der Waals surface area contributed by atoms with Gasteiger partial charge in [0.1, 0.15) is 0 Å². The maximum absolute atomic E-state index is 11.1. The zero-order valence-corrected chi connectivity index (χ0v) is 9.10. The summed E-state index contributed by atoms with van der Waals surface area (Å²) in [5, 5.41) is 6.71. The van der Waals surface area contributed by atoms with Crippen LogP contribution in [-0.4, -0.2) is 31.6 Å². The van der Waals surface area contributed by atoms with Gasteiger partial charge in [-0.3, -0.25) is 4.79 Å². The zero-order chi connectivity index (χ0) is 10.6. The van der Waals surface area contributed by atoms with Gasteiger partial charge in [0.25, 0.3) is 0 Å². The molecule has 1 rings (SSSR count). The molecule has 0 unspecified atom stereocenters. The van der Waals surface area contributed by atoms with Crippen molar-refractivity contribution in [2.45, 2.75) is 32.7 Å². The molecular weight excluding hydrogens is 178 g/mol. The predicted molar refractivity (Wildman–Crippen MR) is 56.9 cm³/mol. The topological polar surface area (TPSA) is 67.2 Å². The number of amides is 1. The molecule has 14 heavy (non-hydrogen) atoms. The van der Waals surface area contributed by atoms with Gasteiger partial charge in [-0.15, -0.1) is 0 Å². The van der Waals surface area contributed by atoms with E-state index in [0.29, 0.717) is 12.6 Å². The second-order valence-electron chi connectivity index (χ2n) is 4.65. The molecule has 0 spiro atoms. The van der Waals surface area contributed by atoms with E-state index in [0.717, 1.165) is 25.9 Å². The number of nitrogens with one attached hydrogen (secondary N) is 2. The average molecular weight is 199 g/mol. The summed E-state index contributed by atoms with van der Waals surface area (Å²) < 4.78 is 0. The van der Waals surface area contributed by atoms with Gasteiger partial charge in [0.15, 0.2) is 0 Å². The van der Waals surface area contributed by atoms with E-state index in [-0.39, 0.29) is 5.91 Å². The monoisotopic (exact) mass is 199 g/mol. The molecule has 1 heterocycles. The summed E-state index contributed by atoms with van der Waals surface area (Å²) in [6.45, 7) is 6.56. The molecule has 0 aromatic rings. The van der Waals surface area contributed by atoms with Gasteiger partial charge in [0.05, 0.1) is 5.41 Å². The molecule has 1 aliphatic rings. The molecule has 4 N–H and O–H groups in total. The Morgan fingerprint density at radius 1 is 1.50 bits per heavy atom. The van der Waals surface area contributed by atoms with Crippen molar-refractivity contribution < 1.29 is 4.79 Å². The van der Waals surface area contributed by atoms with E-state index in [4.69, 9.17) is 5.73 Å². The summed E-state index contributed by atoms with van der Waals surface area (Å²) in [6, 6.07) is 0.537. The Morgan fingerprint density at radius 3 is 2.57 bits per heavy atom. The minimum atomic E-state index is -0.440. The molecule has 0 radical (unpaired) electrons. The lowest BCUT2D eigenvalue weighted by Crippen LogP contribution is -2.47.